The molecule has 0 aliphatic rings. The Bertz CT molecular complexity index is 1500. The van der Waals surface area contributed by atoms with Crippen molar-refractivity contribution in [3.8, 4) is 33.2 Å². The smallest absolute Gasteiger partial charge is 0.335 e. The van der Waals surface area contributed by atoms with Gasteiger partial charge in [-0.2, -0.15) is 8.42 Å². The number of nitrogens with zero attached hydrogens (tertiary/aromatic N) is 1. The minimum atomic E-state index is -4.04. The van der Waals surface area contributed by atoms with Crippen molar-refractivity contribution in [2.24, 2.45) is 0 Å². The van der Waals surface area contributed by atoms with Gasteiger partial charge >= 0.3 is 5.97 Å². The van der Waals surface area contributed by atoms with Gasteiger partial charge in [-0.05, 0) is 60.2 Å². The molecule has 0 saturated carbocycles. The van der Waals surface area contributed by atoms with Crippen molar-refractivity contribution < 1.29 is 32.2 Å². The summed E-state index contributed by atoms with van der Waals surface area (Å²) in [7, 11) is -1.21. The molecule has 8 nitrogen and oxygen atoms in total. The van der Waals surface area contributed by atoms with Crippen molar-refractivity contribution in [2.45, 2.75) is 5.03 Å². The van der Waals surface area contributed by atoms with Gasteiger partial charge in [0.1, 0.15) is 22.3 Å². The number of thiazole rings is 1. The number of halogens is 1. The van der Waals surface area contributed by atoms with E-state index in [2.05, 4.69) is 9.71 Å². The van der Waals surface area contributed by atoms with Crippen molar-refractivity contribution in [2.75, 3.05) is 18.9 Å². The lowest BCUT2D eigenvalue weighted by atomic mass is 10.0. The molecule has 35 heavy (non-hydrogen) atoms. The lowest BCUT2D eigenvalue weighted by molar-refractivity contribution is 0.0696. The van der Waals surface area contributed by atoms with Gasteiger partial charge in [-0.15, -0.1) is 11.3 Å². The second-order valence-electron chi connectivity index (χ2n) is 7.24. The number of aromatic carboxylic acids is 1. The highest BCUT2D eigenvalue weighted by atomic mass is 32.2. The fourth-order valence-electron chi connectivity index (χ4n) is 3.31. The first-order chi connectivity index (χ1) is 16.7. The number of hydrogen-bond donors (Lipinski definition) is 2. The molecular weight excluding hydrogens is 495 g/mol. The van der Waals surface area contributed by atoms with Crippen LogP contribution in [0.5, 0.6) is 11.5 Å². The molecule has 4 rings (SSSR count). The van der Waals surface area contributed by atoms with Crippen LogP contribution in [-0.2, 0) is 10.0 Å². The van der Waals surface area contributed by atoms with Crippen molar-refractivity contribution in [1.82, 2.24) is 4.98 Å². The molecule has 180 valence electrons. The van der Waals surface area contributed by atoms with Gasteiger partial charge in [0.2, 0.25) is 0 Å². The number of hydrogen-bond acceptors (Lipinski definition) is 7. The summed E-state index contributed by atoms with van der Waals surface area (Å²) in [4.78, 5) is 15.4. The van der Waals surface area contributed by atoms with E-state index in [1.807, 2.05) is 0 Å². The topological polar surface area (TPSA) is 115 Å². The van der Waals surface area contributed by atoms with E-state index in [0.29, 0.717) is 27.4 Å². The van der Waals surface area contributed by atoms with E-state index in [0.717, 1.165) is 11.3 Å². The van der Waals surface area contributed by atoms with Gasteiger partial charge in [0, 0.05) is 16.5 Å². The van der Waals surface area contributed by atoms with Crippen molar-refractivity contribution in [3.63, 3.8) is 0 Å². The van der Waals surface area contributed by atoms with Crippen LogP contribution in [0.25, 0.3) is 21.7 Å². The van der Waals surface area contributed by atoms with Gasteiger partial charge < -0.3 is 14.6 Å². The molecule has 0 radical (unpaired) electrons. The Morgan fingerprint density at radius 3 is 2.31 bits per heavy atom. The Morgan fingerprint density at radius 1 is 0.971 bits per heavy atom. The predicted molar refractivity (Wildman–Crippen MR) is 130 cm³/mol. The lowest BCUT2D eigenvalue weighted by Crippen LogP contribution is -2.14. The second-order valence-corrected chi connectivity index (χ2v) is 9.73. The largest absolute Gasteiger partial charge is 0.496 e. The van der Waals surface area contributed by atoms with Gasteiger partial charge in [-0.3, -0.25) is 4.72 Å². The first kappa shape index (κ1) is 24.2. The van der Waals surface area contributed by atoms with E-state index in [4.69, 9.17) is 9.47 Å². The predicted octanol–water partition coefficient (Wildman–Crippen LogP) is 5.13. The fourth-order valence-corrected chi connectivity index (χ4v) is 5.48. The van der Waals surface area contributed by atoms with Crippen LogP contribution >= 0.6 is 11.3 Å². The van der Waals surface area contributed by atoms with Crippen molar-refractivity contribution in [3.05, 3.63) is 77.4 Å². The summed E-state index contributed by atoms with van der Waals surface area (Å²) in [6.45, 7) is 0. The van der Waals surface area contributed by atoms with Gasteiger partial charge in [-0.25, -0.2) is 14.2 Å². The van der Waals surface area contributed by atoms with E-state index in [-0.39, 0.29) is 22.0 Å². The first-order valence-corrected chi connectivity index (χ1v) is 12.4. The minimum absolute atomic E-state index is 0.0743. The van der Waals surface area contributed by atoms with Crippen LogP contribution in [0, 0.1) is 5.82 Å². The molecular formula is C24H19FN2O6S2. The highest BCUT2D eigenvalue weighted by Crippen LogP contribution is 2.37. The Labute approximate surface area is 204 Å². The molecule has 0 spiro atoms. The van der Waals surface area contributed by atoms with E-state index < -0.39 is 21.8 Å². The van der Waals surface area contributed by atoms with Crippen molar-refractivity contribution in [1.29, 1.82) is 0 Å². The molecule has 0 bridgehead atoms. The number of aromatic nitrogens is 1. The van der Waals surface area contributed by atoms with Gasteiger partial charge in [0.05, 0.1) is 25.5 Å². The quantitative estimate of drug-likeness (QED) is 0.335. The summed E-state index contributed by atoms with van der Waals surface area (Å²) in [5.41, 5.74) is 2.10. The molecule has 0 amide bonds. The lowest BCUT2D eigenvalue weighted by Gasteiger charge is -2.14. The molecule has 4 aromatic rings. The number of methoxy groups -OCH3 is 2. The number of carboxylic acids is 1. The molecule has 3 aromatic carbocycles. The molecule has 0 atom stereocenters. The summed E-state index contributed by atoms with van der Waals surface area (Å²) >= 11 is 1.12. The number of ether oxygens (including phenoxy) is 2. The fraction of sp³-hybridized carbons (Fsp3) is 0.0833. The number of nitrogens with one attached hydrogen (secondary N) is 1. The Morgan fingerprint density at radius 2 is 1.66 bits per heavy atom. The van der Waals surface area contributed by atoms with Crippen LogP contribution in [0.1, 0.15) is 10.4 Å². The van der Waals surface area contributed by atoms with Gasteiger partial charge in [-0.1, -0.05) is 6.07 Å². The second kappa shape index (κ2) is 9.72. The van der Waals surface area contributed by atoms with Gasteiger partial charge in [0.25, 0.3) is 10.0 Å². The third-order valence-corrected chi connectivity index (χ3v) is 7.34. The molecule has 1 heterocycles. The molecule has 11 heteroatoms. The van der Waals surface area contributed by atoms with E-state index >= 15 is 0 Å². The van der Waals surface area contributed by atoms with Crippen LogP contribution in [-0.4, -0.2) is 38.7 Å². The highest BCUT2D eigenvalue weighted by Gasteiger charge is 2.21. The number of benzene rings is 3. The average Bonchev–Trinajstić information content (AvgIpc) is 3.35. The molecule has 0 unspecified atom stereocenters. The number of carbonyl (C=O) groups is 1. The van der Waals surface area contributed by atoms with Crippen molar-refractivity contribution >= 4 is 33.0 Å². The summed E-state index contributed by atoms with van der Waals surface area (Å²) in [6.07, 6.45) is 0. The highest BCUT2D eigenvalue weighted by molar-refractivity contribution is 7.92. The van der Waals surface area contributed by atoms with Crippen LogP contribution in [0.4, 0.5) is 10.1 Å². The number of anilines is 1. The van der Waals surface area contributed by atoms with Gasteiger partial charge in [0.15, 0.2) is 5.03 Å². The maximum atomic E-state index is 13.2. The number of sulfonamides is 1. The number of rotatable bonds is 8. The normalized spacial score (nSPS) is 11.2. The summed E-state index contributed by atoms with van der Waals surface area (Å²) in [6, 6.07) is 14.9. The Balaban J connectivity index is 1.63. The zero-order valence-corrected chi connectivity index (χ0v) is 20.1. The zero-order valence-electron chi connectivity index (χ0n) is 18.5. The van der Waals surface area contributed by atoms with Crippen LogP contribution < -0.4 is 14.2 Å². The molecule has 2 N–H and O–H groups in total. The molecule has 0 aliphatic carbocycles. The third-order valence-electron chi connectivity index (χ3n) is 5.05. The number of carboxylic acid groups (broad SMARTS) is 1. The standard InChI is InChI=1S/C24H19FN2O6S2/c1-32-20-12-16(24(28)29)5-9-18(20)15-6-10-19(21(11-15)33-2)27-35(30,31)22-13-34-23(26-22)14-3-7-17(25)8-4-14/h3-13,27H,1-2H3,(H,28,29). The van der Waals surface area contributed by atoms with E-state index in [1.165, 1.54) is 62.1 Å². The molecule has 0 aliphatic heterocycles. The monoisotopic (exact) mass is 514 g/mol. The first-order valence-electron chi connectivity index (χ1n) is 10.1. The Hall–Kier alpha value is -3.96. The third kappa shape index (κ3) is 5.10. The maximum Gasteiger partial charge on any atom is 0.335 e. The molecule has 1 aromatic heterocycles. The van der Waals surface area contributed by atoms with Crippen LogP contribution in [0.2, 0.25) is 0 Å². The summed E-state index contributed by atoms with van der Waals surface area (Å²) in [5, 5.41) is 10.9. The molecule has 0 fully saturated rings. The van der Waals surface area contributed by atoms with Crippen LogP contribution in [0.15, 0.2) is 71.1 Å². The summed E-state index contributed by atoms with van der Waals surface area (Å²) < 4.78 is 52.3. The van der Waals surface area contributed by atoms with Crippen LogP contribution in [0.3, 0.4) is 0 Å². The minimum Gasteiger partial charge on any atom is -0.496 e. The summed E-state index contributed by atoms with van der Waals surface area (Å²) in [5.74, 6) is -0.895. The van der Waals surface area contributed by atoms with E-state index in [1.54, 1.807) is 18.2 Å². The Kier molecular flexibility index (Phi) is 6.72. The average molecular weight is 515 g/mol. The van der Waals surface area contributed by atoms with E-state index in [9.17, 15) is 22.7 Å². The SMILES string of the molecule is COc1cc(-c2ccc(C(=O)O)cc2OC)ccc1NS(=O)(=O)c1csc(-c2ccc(F)cc2)n1. The molecule has 0 saturated heterocycles. The zero-order chi connectivity index (χ0) is 25.2. The maximum absolute atomic E-state index is 13.2.